The third-order valence-electron chi connectivity index (χ3n) is 12.8. The first kappa shape index (κ1) is 32.8. The second-order valence-electron chi connectivity index (χ2n) is 16.1. The Kier molecular flexibility index (Phi) is 6.83. The van der Waals surface area contributed by atoms with Gasteiger partial charge in [0.2, 0.25) is 0 Å². The van der Waals surface area contributed by atoms with E-state index in [1.54, 1.807) is 0 Å². The molecular weight excluding hydrogens is 679 g/mol. The molecule has 7 aromatic carbocycles. The van der Waals surface area contributed by atoms with E-state index in [4.69, 9.17) is 4.42 Å². The highest BCUT2D eigenvalue weighted by molar-refractivity contribution is 6.09. The number of allylic oxidation sites excluding steroid dienone is 4. The molecular formula is C54H41NO. The topological polar surface area (TPSA) is 16.4 Å². The maximum absolute atomic E-state index is 6.54. The lowest BCUT2D eigenvalue weighted by molar-refractivity contribution is 0.660. The fourth-order valence-electron chi connectivity index (χ4n) is 10.4. The highest BCUT2D eigenvalue weighted by Crippen LogP contribution is 2.66. The van der Waals surface area contributed by atoms with Crippen molar-refractivity contribution in [1.82, 2.24) is 0 Å². The van der Waals surface area contributed by atoms with Gasteiger partial charge in [0.05, 0.1) is 11.1 Å². The molecule has 268 valence electrons. The lowest BCUT2D eigenvalue weighted by Gasteiger charge is -2.37. The third kappa shape index (κ3) is 4.16. The molecule has 0 saturated carbocycles. The maximum Gasteiger partial charge on any atom is 0.136 e. The minimum absolute atomic E-state index is 0.151. The molecule has 0 amide bonds. The van der Waals surface area contributed by atoms with E-state index < -0.39 is 5.41 Å². The molecule has 2 nitrogen and oxygen atoms in total. The van der Waals surface area contributed by atoms with Gasteiger partial charge >= 0.3 is 0 Å². The van der Waals surface area contributed by atoms with Gasteiger partial charge in [0.15, 0.2) is 0 Å². The Morgan fingerprint density at radius 1 is 0.571 bits per heavy atom. The minimum atomic E-state index is -0.591. The van der Waals surface area contributed by atoms with Crippen LogP contribution in [-0.2, 0) is 10.8 Å². The van der Waals surface area contributed by atoms with E-state index >= 15 is 0 Å². The van der Waals surface area contributed by atoms with Gasteiger partial charge in [-0.05, 0) is 123 Å². The summed E-state index contributed by atoms with van der Waals surface area (Å²) in [7, 11) is 0. The van der Waals surface area contributed by atoms with E-state index in [2.05, 4.69) is 203 Å². The lowest BCUT2D eigenvalue weighted by Crippen LogP contribution is -2.29. The van der Waals surface area contributed by atoms with Crippen LogP contribution >= 0.6 is 0 Å². The zero-order valence-corrected chi connectivity index (χ0v) is 32.2. The van der Waals surface area contributed by atoms with Crippen LogP contribution in [0, 0.1) is 0 Å². The highest BCUT2D eigenvalue weighted by Gasteiger charge is 2.54. The second-order valence-corrected chi connectivity index (χ2v) is 16.1. The van der Waals surface area contributed by atoms with Gasteiger partial charge in [0.25, 0.3) is 0 Å². The molecule has 1 heterocycles. The molecule has 1 atom stereocenters. The maximum atomic E-state index is 6.54. The average molecular weight is 720 g/mol. The first-order valence-electron chi connectivity index (χ1n) is 19.7. The minimum Gasteiger partial charge on any atom is -0.456 e. The highest BCUT2D eigenvalue weighted by atomic mass is 16.3. The van der Waals surface area contributed by atoms with Gasteiger partial charge in [-0.1, -0.05) is 142 Å². The molecule has 0 fully saturated rings. The Balaban J connectivity index is 1.26. The number of hydrogen-bond donors (Lipinski definition) is 0. The molecule has 0 aliphatic heterocycles. The van der Waals surface area contributed by atoms with Gasteiger partial charge in [-0.25, -0.2) is 0 Å². The van der Waals surface area contributed by atoms with Crippen LogP contribution in [0.3, 0.4) is 0 Å². The molecule has 8 aromatic rings. The van der Waals surface area contributed by atoms with E-state index in [1.165, 1.54) is 66.8 Å². The predicted molar refractivity (Wildman–Crippen MR) is 234 cm³/mol. The Hall–Kier alpha value is -6.64. The summed E-state index contributed by atoms with van der Waals surface area (Å²) < 4.78 is 6.54. The first-order valence-corrected chi connectivity index (χ1v) is 19.7. The molecule has 56 heavy (non-hydrogen) atoms. The summed E-state index contributed by atoms with van der Waals surface area (Å²) >= 11 is 0. The Morgan fingerprint density at radius 2 is 1.20 bits per heavy atom. The molecule has 2 heteroatoms. The van der Waals surface area contributed by atoms with Crippen LogP contribution in [0.15, 0.2) is 186 Å². The molecule has 1 unspecified atom stereocenters. The summed E-state index contributed by atoms with van der Waals surface area (Å²) in [4.78, 5) is 2.49. The van der Waals surface area contributed by atoms with Crippen LogP contribution in [0.5, 0.6) is 0 Å². The molecule has 11 rings (SSSR count). The smallest absolute Gasteiger partial charge is 0.136 e. The first-order chi connectivity index (χ1) is 27.3. The van der Waals surface area contributed by atoms with Crippen LogP contribution in [0.4, 0.5) is 11.4 Å². The quantitative estimate of drug-likeness (QED) is 0.165. The fraction of sp³-hybridized carbons (Fsp3) is 0.111. The zero-order chi connectivity index (χ0) is 37.9. The van der Waals surface area contributed by atoms with E-state index in [0.29, 0.717) is 0 Å². The second kappa shape index (κ2) is 11.7. The zero-order valence-electron chi connectivity index (χ0n) is 32.2. The number of benzene rings is 7. The normalized spacial score (nSPS) is 16.9. The number of rotatable bonds is 5. The number of fused-ring (bicyclic) bond motifs is 16. The van der Waals surface area contributed by atoms with Crippen molar-refractivity contribution in [3.63, 3.8) is 0 Å². The van der Waals surface area contributed by atoms with E-state index in [0.717, 1.165) is 44.6 Å². The van der Waals surface area contributed by atoms with Gasteiger partial charge in [0, 0.05) is 33.1 Å². The average Bonchev–Trinajstić information content (AvgIpc) is 3.90. The Bertz CT molecular complexity index is 3060. The summed E-state index contributed by atoms with van der Waals surface area (Å²) in [5.74, 6) is 0. The lowest BCUT2D eigenvalue weighted by atomic mass is 9.69. The Morgan fingerprint density at radius 3 is 1.93 bits per heavy atom. The fourth-order valence-corrected chi connectivity index (χ4v) is 10.4. The molecule has 0 bridgehead atoms. The molecule has 0 saturated heterocycles. The van der Waals surface area contributed by atoms with Crippen molar-refractivity contribution in [3.8, 4) is 33.4 Å². The monoisotopic (exact) mass is 719 g/mol. The number of hydrogen-bond acceptors (Lipinski definition) is 2. The van der Waals surface area contributed by atoms with Crippen molar-refractivity contribution < 1.29 is 4.42 Å². The summed E-state index contributed by atoms with van der Waals surface area (Å²) in [5, 5.41) is 2.28. The standard InChI is InChI=1S/C54H41NO/c1-6-7-25-48(33(2)3)55(34-28-29-38-35-17-8-12-22-43(35)53(4,5)46(38)30-34)49-26-16-21-40-36-18-9-13-23-44(36)54(52(40)49)45-24-14-10-19-37(45)41-32-51-42(31-47(41)54)39-20-11-15-27-50(39)56-51/h6-32H,2H2,1,3-5H3. The molecule has 1 aromatic heterocycles. The summed E-state index contributed by atoms with van der Waals surface area (Å²) in [6.07, 6.45) is 6.46. The van der Waals surface area contributed by atoms with Gasteiger partial charge in [-0.15, -0.1) is 0 Å². The molecule has 3 aliphatic carbocycles. The van der Waals surface area contributed by atoms with Gasteiger partial charge in [-0.3, -0.25) is 0 Å². The van der Waals surface area contributed by atoms with Crippen molar-refractivity contribution >= 4 is 33.3 Å². The van der Waals surface area contributed by atoms with E-state index in [9.17, 15) is 0 Å². The number of anilines is 2. The number of nitrogens with zero attached hydrogens (tertiary/aromatic N) is 1. The molecule has 3 aliphatic rings. The van der Waals surface area contributed by atoms with Crippen LogP contribution in [0.25, 0.3) is 55.3 Å². The van der Waals surface area contributed by atoms with Crippen molar-refractivity contribution in [2.24, 2.45) is 0 Å². The Labute approximate surface area is 328 Å². The van der Waals surface area contributed by atoms with Crippen molar-refractivity contribution in [2.75, 3.05) is 4.90 Å². The largest absolute Gasteiger partial charge is 0.456 e. The van der Waals surface area contributed by atoms with Crippen LogP contribution in [-0.4, -0.2) is 0 Å². The van der Waals surface area contributed by atoms with Crippen molar-refractivity contribution in [2.45, 2.75) is 38.5 Å². The van der Waals surface area contributed by atoms with Gasteiger partial charge in [0.1, 0.15) is 11.2 Å². The summed E-state index contributed by atoms with van der Waals surface area (Å²) in [6, 6.07) is 54.1. The van der Waals surface area contributed by atoms with Crippen LogP contribution in [0.1, 0.15) is 61.1 Å². The van der Waals surface area contributed by atoms with Gasteiger partial charge in [-0.2, -0.15) is 0 Å². The summed E-state index contributed by atoms with van der Waals surface area (Å²) in [5.41, 5.74) is 20.9. The van der Waals surface area contributed by atoms with Crippen molar-refractivity contribution in [1.29, 1.82) is 0 Å². The number of furan rings is 1. The third-order valence-corrected chi connectivity index (χ3v) is 12.8. The predicted octanol–water partition coefficient (Wildman–Crippen LogP) is 14.4. The van der Waals surface area contributed by atoms with E-state index in [-0.39, 0.29) is 5.41 Å². The molecule has 0 radical (unpaired) electrons. The SMILES string of the molecule is C=C(C)C(=CC=CC)N(c1ccc2c(c1)C(C)(C)c1ccccc1-2)c1cccc2c1C1(c3ccccc3-c3cc4oc5ccccc5c4cc31)c1ccccc1-2. The van der Waals surface area contributed by atoms with Gasteiger partial charge < -0.3 is 9.32 Å². The van der Waals surface area contributed by atoms with Crippen molar-refractivity contribution in [3.05, 3.63) is 215 Å². The molecule has 0 N–H and O–H groups in total. The molecule has 1 spiro atoms. The van der Waals surface area contributed by atoms with E-state index in [1.807, 2.05) is 0 Å². The summed E-state index contributed by atoms with van der Waals surface area (Å²) in [6.45, 7) is 13.5. The van der Waals surface area contributed by atoms with Crippen LogP contribution < -0.4 is 4.90 Å². The van der Waals surface area contributed by atoms with Crippen LogP contribution in [0.2, 0.25) is 0 Å². The number of para-hydroxylation sites is 1.